The molecule has 0 N–H and O–H groups in total. The highest BCUT2D eigenvalue weighted by atomic mass is 32.2. The van der Waals surface area contributed by atoms with Crippen LogP contribution < -0.4 is 4.90 Å². The number of aromatic nitrogens is 1. The second kappa shape index (κ2) is 9.38. The average molecular weight is 456 g/mol. The molecule has 2 aliphatic heterocycles. The summed E-state index contributed by atoms with van der Waals surface area (Å²) in [4.78, 5) is 7.28. The van der Waals surface area contributed by atoms with E-state index in [0.29, 0.717) is 25.0 Å². The first kappa shape index (κ1) is 23.0. The molecule has 32 heavy (non-hydrogen) atoms. The van der Waals surface area contributed by atoms with Gasteiger partial charge in [0.1, 0.15) is 22.7 Å². The standard InChI is InChI=1S/C25H30FN3O2S/c1-16-13-29(14-17(2)31-16)23-22-15-30-25(3,4)11-20(22)21(12-27)24(28-23)32-9-8-18-6-5-7-19(26)10-18/h5-7,10,16-17H,8-9,11,13-15H2,1-4H3. The molecule has 5 nitrogen and oxygen atoms in total. The molecule has 3 heterocycles. The summed E-state index contributed by atoms with van der Waals surface area (Å²) in [5.41, 5.74) is 3.34. The van der Waals surface area contributed by atoms with E-state index in [9.17, 15) is 9.65 Å². The number of nitrogens with zero attached hydrogens (tertiary/aromatic N) is 3. The van der Waals surface area contributed by atoms with E-state index in [-0.39, 0.29) is 23.6 Å². The van der Waals surface area contributed by atoms with Crippen LogP contribution in [0.15, 0.2) is 29.3 Å². The number of pyridine rings is 1. The first-order chi connectivity index (χ1) is 15.3. The van der Waals surface area contributed by atoms with Gasteiger partial charge in [-0.25, -0.2) is 9.37 Å². The van der Waals surface area contributed by atoms with Crippen LogP contribution in [0.25, 0.3) is 0 Å². The Morgan fingerprint density at radius 3 is 2.69 bits per heavy atom. The van der Waals surface area contributed by atoms with Gasteiger partial charge in [0.15, 0.2) is 0 Å². The van der Waals surface area contributed by atoms with E-state index in [1.54, 1.807) is 23.9 Å². The van der Waals surface area contributed by atoms with Crippen molar-refractivity contribution in [2.75, 3.05) is 23.7 Å². The van der Waals surface area contributed by atoms with Crippen LogP contribution in [0.2, 0.25) is 0 Å². The summed E-state index contributed by atoms with van der Waals surface area (Å²) >= 11 is 1.57. The molecule has 7 heteroatoms. The van der Waals surface area contributed by atoms with E-state index in [1.165, 1.54) is 6.07 Å². The fourth-order valence-corrected chi connectivity index (χ4v) is 5.51. The number of ether oxygens (including phenoxy) is 2. The van der Waals surface area contributed by atoms with Crippen LogP contribution in [0, 0.1) is 17.1 Å². The molecule has 0 spiro atoms. The molecule has 0 amide bonds. The minimum Gasteiger partial charge on any atom is -0.372 e. The highest BCUT2D eigenvalue weighted by Crippen LogP contribution is 2.39. The van der Waals surface area contributed by atoms with E-state index in [1.807, 2.05) is 6.07 Å². The zero-order valence-electron chi connectivity index (χ0n) is 19.2. The monoisotopic (exact) mass is 455 g/mol. The van der Waals surface area contributed by atoms with Gasteiger partial charge in [0.05, 0.1) is 30.0 Å². The summed E-state index contributed by atoms with van der Waals surface area (Å²) in [6.07, 6.45) is 1.60. The first-order valence-corrected chi connectivity index (χ1v) is 12.1. The SMILES string of the molecule is CC1CN(c2nc(SCCc3cccc(F)c3)c(C#N)c3c2COC(C)(C)C3)CC(C)O1. The maximum atomic E-state index is 13.5. The number of morpholine rings is 1. The Labute approximate surface area is 193 Å². The van der Waals surface area contributed by atoms with Crippen LogP contribution in [-0.4, -0.2) is 41.6 Å². The molecule has 1 aromatic carbocycles. The predicted octanol–water partition coefficient (Wildman–Crippen LogP) is 4.89. The lowest BCUT2D eigenvalue weighted by atomic mass is 9.89. The fourth-order valence-electron chi connectivity index (χ4n) is 4.52. The van der Waals surface area contributed by atoms with Crippen LogP contribution in [0.5, 0.6) is 0 Å². The van der Waals surface area contributed by atoms with Crippen molar-refractivity contribution in [3.05, 3.63) is 52.3 Å². The van der Waals surface area contributed by atoms with Crippen molar-refractivity contribution in [1.29, 1.82) is 5.26 Å². The molecule has 0 radical (unpaired) electrons. The van der Waals surface area contributed by atoms with Crippen molar-refractivity contribution in [1.82, 2.24) is 4.98 Å². The Morgan fingerprint density at radius 1 is 1.25 bits per heavy atom. The number of thioether (sulfide) groups is 1. The summed E-state index contributed by atoms with van der Waals surface area (Å²) in [6, 6.07) is 9.10. The smallest absolute Gasteiger partial charge is 0.135 e. The fraction of sp³-hybridized carbons (Fsp3) is 0.520. The lowest BCUT2D eigenvalue weighted by Crippen LogP contribution is -2.47. The number of rotatable bonds is 5. The van der Waals surface area contributed by atoms with Crippen LogP contribution in [0.3, 0.4) is 0 Å². The lowest BCUT2D eigenvalue weighted by molar-refractivity contribution is -0.0407. The van der Waals surface area contributed by atoms with Gasteiger partial charge in [-0.2, -0.15) is 5.26 Å². The number of hydrogen-bond acceptors (Lipinski definition) is 6. The molecule has 170 valence electrons. The lowest BCUT2D eigenvalue weighted by Gasteiger charge is -2.40. The van der Waals surface area contributed by atoms with Gasteiger partial charge in [0.2, 0.25) is 0 Å². The zero-order chi connectivity index (χ0) is 22.9. The van der Waals surface area contributed by atoms with Gasteiger partial charge in [-0.3, -0.25) is 0 Å². The maximum absolute atomic E-state index is 13.5. The van der Waals surface area contributed by atoms with Crippen molar-refractivity contribution >= 4 is 17.6 Å². The summed E-state index contributed by atoms with van der Waals surface area (Å²) in [7, 11) is 0. The Morgan fingerprint density at radius 2 is 2.00 bits per heavy atom. The minimum atomic E-state index is -0.327. The first-order valence-electron chi connectivity index (χ1n) is 11.1. The third-order valence-corrected chi connectivity index (χ3v) is 6.89. The van der Waals surface area contributed by atoms with E-state index in [2.05, 4.69) is 38.7 Å². The molecule has 0 bridgehead atoms. The molecular weight excluding hydrogens is 425 g/mol. The predicted molar refractivity (Wildman–Crippen MR) is 125 cm³/mol. The molecule has 4 rings (SSSR count). The molecule has 0 saturated carbocycles. The number of benzene rings is 1. The number of halogens is 1. The van der Waals surface area contributed by atoms with Crippen LogP contribution >= 0.6 is 11.8 Å². The highest BCUT2D eigenvalue weighted by molar-refractivity contribution is 7.99. The van der Waals surface area contributed by atoms with E-state index in [0.717, 1.165) is 46.4 Å². The largest absolute Gasteiger partial charge is 0.372 e. The van der Waals surface area contributed by atoms with Gasteiger partial charge >= 0.3 is 0 Å². The Balaban J connectivity index is 1.68. The van der Waals surface area contributed by atoms with Gasteiger partial charge in [0, 0.05) is 30.8 Å². The Bertz CT molecular complexity index is 1030. The molecule has 2 unspecified atom stereocenters. The molecular formula is C25H30FN3O2S. The van der Waals surface area contributed by atoms with Gasteiger partial charge in [0.25, 0.3) is 0 Å². The van der Waals surface area contributed by atoms with Crippen LogP contribution in [0.4, 0.5) is 10.2 Å². The zero-order valence-corrected chi connectivity index (χ0v) is 20.0. The Kier molecular flexibility index (Phi) is 6.75. The second-order valence-electron chi connectivity index (χ2n) is 9.30. The minimum absolute atomic E-state index is 0.108. The molecule has 0 aliphatic carbocycles. The van der Waals surface area contributed by atoms with Gasteiger partial charge in [-0.1, -0.05) is 12.1 Å². The number of hydrogen-bond donors (Lipinski definition) is 0. The summed E-state index contributed by atoms with van der Waals surface area (Å²) in [6.45, 7) is 10.2. The highest BCUT2D eigenvalue weighted by Gasteiger charge is 2.34. The third kappa shape index (κ3) is 5.09. The van der Waals surface area contributed by atoms with Crippen molar-refractivity contribution in [2.24, 2.45) is 0 Å². The van der Waals surface area contributed by atoms with Gasteiger partial charge < -0.3 is 14.4 Å². The molecule has 2 aromatic rings. The van der Waals surface area contributed by atoms with E-state index < -0.39 is 0 Å². The summed E-state index contributed by atoms with van der Waals surface area (Å²) in [5, 5.41) is 10.8. The van der Waals surface area contributed by atoms with Crippen LogP contribution in [-0.2, 0) is 28.9 Å². The van der Waals surface area contributed by atoms with Crippen molar-refractivity contribution in [3.63, 3.8) is 0 Å². The normalized spacial score (nSPS) is 22.3. The second-order valence-corrected chi connectivity index (χ2v) is 10.4. The Hall–Kier alpha value is -2.14. The van der Waals surface area contributed by atoms with Crippen LogP contribution in [0.1, 0.15) is 49.9 Å². The topological polar surface area (TPSA) is 58.4 Å². The molecule has 2 atom stereocenters. The maximum Gasteiger partial charge on any atom is 0.135 e. The molecule has 1 saturated heterocycles. The van der Waals surface area contributed by atoms with Crippen molar-refractivity contribution in [2.45, 2.75) is 70.0 Å². The van der Waals surface area contributed by atoms with Crippen molar-refractivity contribution in [3.8, 4) is 6.07 Å². The third-order valence-electron chi connectivity index (χ3n) is 5.92. The number of aryl methyl sites for hydroxylation is 1. The molecule has 1 fully saturated rings. The average Bonchev–Trinajstić information content (AvgIpc) is 2.71. The molecule has 1 aromatic heterocycles. The number of nitriles is 1. The van der Waals surface area contributed by atoms with Gasteiger partial charge in [-0.15, -0.1) is 11.8 Å². The summed E-state index contributed by atoms with van der Waals surface area (Å²) < 4.78 is 25.6. The molecule has 2 aliphatic rings. The van der Waals surface area contributed by atoms with Gasteiger partial charge in [-0.05, 0) is 57.4 Å². The number of fused-ring (bicyclic) bond motifs is 1. The van der Waals surface area contributed by atoms with Crippen molar-refractivity contribution < 1.29 is 13.9 Å². The quantitative estimate of drug-likeness (QED) is 0.598. The summed E-state index contributed by atoms with van der Waals surface area (Å²) in [5.74, 6) is 1.40. The number of anilines is 1. The van der Waals surface area contributed by atoms with E-state index >= 15 is 0 Å². The van der Waals surface area contributed by atoms with E-state index in [4.69, 9.17) is 14.5 Å².